The fourth-order valence-corrected chi connectivity index (χ4v) is 2.08. The fourth-order valence-electron chi connectivity index (χ4n) is 1.64. The molecule has 16 heavy (non-hydrogen) atoms. The lowest BCUT2D eigenvalue weighted by Gasteiger charge is -2.10. The minimum atomic E-state index is 0.417. The Morgan fingerprint density at radius 1 is 1.25 bits per heavy atom. The van der Waals surface area contributed by atoms with Crippen molar-refractivity contribution in [2.75, 3.05) is 0 Å². The van der Waals surface area contributed by atoms with Crippen molar-refractivity contribution in [1.82, 2.24) is 4.98 Å². The van der Waals surface area contributed by atoms with Crippen LogP contribution in [0.15, 0.2) is 24.3 Å². The number of rotatable bonds is 2. The van der Waals surface area contributed by atoms with Crippen LogP contribution in [0.25, 0.3) is 10.9 Å². The molecule has 0 aliphatic heterocycles. The highest BCUT2D eigenvalue weighted by Crippen LogP contribution is 2.28. The van der Waals surface area contributed by atoms with E-state index in [-0.39, 0.29) is 0 Å². The third kappa shape index (κ3) is 2.16. The second-order valence-corrected chi connectivity index (χ2v) is 4.84. The maximum absolute atomic E-state index is 6.23. The van der Waals surface area contributed by atoms with Gasteiger partial charge in [-0.3, -0.25) is 4.98 Å². The summed E-state index contributed by atoms with van der Waals surface area (Å²) in [5, 5.41) is 2.40. The van der Waals surface area contributed by atoms with Gasteiger partial charge in [-0.2, -0.15) is 0 Å². The zero-order chi connectivity index (χ0) is 11.7. The van der Waals surface area contributed by atoms with Crippen molar-refractivity contribution in [2.24, 2.45) is 0 Å². The van der Waals surface area contributed by atoms with E-state index in [1.165, 1.54) is 0 Å². The summed E-state index contributed by atoms with van der Waals surface area (Å²) in [7, 11) is 0. The molecule has 1 aromatic carbocycles. The van der Waals surface area contributed by atoms with E-state index in [4.69, 9.17) is 23.2 Å². The molecule has 0 spiro atoms. The molecule has 0 saturated heterocycles. The summed E-state index contributed by atoms with van der Waals surface area (Å²) in [5.74, 6) is 0.417. The van der Waals surface area contributed by atoms with Gasteiger partial charge in [-0.25, -0.2) is 0 Å². The van der Waals surface area contributed by atoms with Gasteiger partial charge in [-0.05, 0) is 36.6 Å². The number of pyridine rings is 1. The van der Waals surface area contributed by atoms with E-state index in [1.807, 2.05) is 24.3 Å². The van der Waals surface area contributed by atoms with E-state index in [9.17, 15) is 0 Å². The van der Waals surface area contributed by atoms with Gasteiger partial charge in [0.05, 0.1) is 10.5 Å². The molecule has 1 heterocycles. The van der Waals surface area contributed by atoms with Crippen molar-refractivity contribution in [1.29, 1.82) is 0 Å². The summed E-state index contributed by atoms with van der Waals surface area (Å²) in [6.07, 6.45) is 1.05. The first kappa shape index (κ1) is 11.7. The summed E-state index contributed by atoms with van der Waals surface area (Å²) in [6, 6.07) is 7.55. The molecule has 0 N–H and O–H groups in total. The highest BCUT2D eigenvalue weighted by molar-refractivity contribution is 6.36. The van der Waals surface area contributed by atoms with Crippen molar-refractivity contribution in [3.63, 3.8) is 0 Å². The lowest BCUT2D eigenvalue weighted by molar-refractivity contribution is 0.712. The van der Waals surface area contributed by atoms with Gasteiger partial charge in [-0.15, -0.1) is 0 Å². The van der Waals surface area contributed by atoms with Crippen LogP contribution in [0.1, 0.15) is 31.9 Å². The molecule has 0 bridgehead atoms. The molecule has 2 aromatic rings. The molecule has 2 rings (SSSR count). The molecule has 1 unspecified atom stereocenters. The Balaban J connectivity index is 2.65. The monoisotopic (exact) mass is 253 g/mol. The molecule has 84 valence electrons. The second-order valence-electron chi connectivity index (χ2n) is 4.00. The lowest BCUT2D eigenvalue weighted by atomic mass is 10.0. The van der Waals surface area contributed by atoms with Gasteiger partial charge >= 0.3 is 0 Å². The molecular weight excluding hydrogens is 241 g/mol. The van der Waals surface area contributed by atoms with Crippen LogP contribution in [-0.2, 0) is 0 Å². The SMILES string of the molecule is CCC(C)c1cc(Cl)c2ccc(Cl)cc2n1. The van der Waals surface area contributed by atoms with Crippen LogP contribution in [0, 0.1) is 0 Å². The average Bonchev–Trinajstić information content (AvgIpc) is 2.27. The lowest BCUT2D eigenvalue weighted by Crippen LogP contribution is -1.96. The molecule has 0 saturated carbocycles. The van der Waals surface area contributed by atoms with Gasteiger partial charge in [0.1, 0.15) is 0 Å². The molecule has 0 aliphatic carbocycles. The third-order valence-corrected chi connectivity index (χ3v) is 3.41. The Labute approximate surface area is 105 Å². The largest absolute Gasteiger partial charge is 0.252 e. The quantitative estimate of drug-likeness (QED) is 0.730. The minimum absolute atomic E-state index is 0.417. The first-order valence-corrected chi connectivity index (χ1v) is 6.13. The van der Waals surface area contributed by atoms with Crippen LogP contribution in [0.4, 0.5) is 0 Å². The molecule has 1 atom stereocenters. The van der Waals surface area contributed by atoms with Crippen molar-refractivity contribution in [3.05, 3.63) is 40.0 Å². The zero-order valence-electron chi connectivity index (χ0n) is 9.30. The first-order chi connectivity index (χ1) is 7.61. The zero-order valence-corrected chi connectivity index (χ0v) is 10.8. The van der Waals surface area contributed by atoms with Crippen LogP contribution in [0.3, 0.4) is 0 Å². The van der Waals surface area contributed by atoms with Gasteiger partial charge in [0, 0.05) is 16.1 Å². The van der Waals surface area contributed by atoms with Crippen LogP contribution in [-0.4, -0.2) is 4.98 Å². The molecule has 0 aliphatic rings. The van der Waals surface area contributed by atoms with E-state index in [2.05, 4.69) is 18.8 Å². The van der Waals surface area contributed by atoms with Crippen LogP contribution >= 0.6 is 23.2 Å². The van der Waals surface area contributed by atoms with E-state index in [0.717, 1.165) is 28.0 Å². The Kier molecular flexibility index (Phi) is 3.36. The minimum Gasteiger partial charge on any atom is -0.252 e. The van der Waals surface area contributed by atoms with Gasteiger partial charge in [0.25, 0.3) is 0 Å². The molecule has 0 amide bonds. The maximum atomic E-state index is 6.23. The Hall–Kier alpha value is -0.790. The average molecular weight is 254 g/mol. The van der Waals surface area contributed by atoms with Crippen molar-refractivity contribution >= 4 is 34.1 Å². The summed E-state index contributed by atoms with van der Waals surface area (Å²) in [6.45, 7) is 4.29. The number of aromatic nitrogens is 1. The van der Waals surface area contributed by atoms with Crippen LogP contribution in [0.5, 0.6) is 0 Å². The Bertz CT molecular complexity index is 523. The topological polar surface area (TPSA) is 12.9 Å². The molecule has 1 nitrogen and oxygen atoms in total. The predicted octanol–water partition coefficient (Wildman–Crippen LogP) is 5.06. The van der Waals surface area contributed by atoms with Crippen LogP contribution < -0.4 is 0 Å². The second kappa shape index (κ2) is 4.60. The van der Waals surface area contributed by atoms with Crippen molar-refractivity contribution in [3.8, 4) is 0 Å². The standard InChI is InChI=1S/C13H13Cl2N/c1-3-8(2)12-7-11(15)10-5-4-9(14)6-13(10)16-12/h4-8H,3H2,1-2H3. The van der Waals surface area contributed by atoms with Gasteiger partial charge in [-0.1, -0.05) is 37.0 Å². The molecular formula is C13H13Cl2N. The van der Waals surface area contributed by atoms with Crippen molar-refractivity contribution in [2.45, 2.75) is 26.2 Å². The van der Waals surface area contributed by atoms with E-state index >= 15 is 0 Å². The first-order valence-electron chi connectivity index (χ1n) is 5.37. The van der Waals surface area contributed by atoms with E-state index in [0.29, 0.717) is 10.9 Å². The Morgan fingerprint density at radius 2 is 2.00 bits per heavy atom. The highest BCUT2D eigenvalue weighted by atomic mass is 35.5. The number of benzene rings is 1. The molecule has 0 radical (unpaired) electrons. The Morgan fingerprint density at radius 3 is 2.69 bits per heavy atom. The summed E-state index contributed by atoms with van der Waals surface area (Å²) in [4.78, 5) is 4.60. The number of nitrogens with zero attached hydrogens (tertiary/aromatic N) is 1. The number of halogens is 2. The van der Waals surface area contributed by atoms with Gasteiger partial charge < -0.3 is 0 Å². The molecule has 1 aromatic heterocycles. The summed E-state index contributed by atoms with van der Waals surface area (Å²) >= 11 is 12.2. The van der Waals surface area contributed by atoms with Gasteiger partial charge in [0.2, 0.25) is 0 Å². The predicted molar refractivity (Wildman–Crippen MR) is 70.5 cm³/mol. The number of hydrogen-bond donors (Lipinski definition) is 0. The number of fused-ring (bicyclic) bond motifs is 1. The number of hydrogen-bond acceptors (Lipinski definition) is 1. The summed E-state index contributed by atoms with van der Waals surface area (Å²) < 4.78 is 0. The normalized spacial score (nSPS) is 13.0. The maximum Gasteiger partial charge on any atom is 0.0735 e. The fraction of sp³-hybridized carbons (Fsp3) is 0.308. The smallest absolute Gasteiger partial charge is 0.0735 e. The third-order valence-electron chi connectivity index (χ3n) is 2.86. The molecule has 3 heteroatoms. The highest BCUT2D eigenvalue weighted by Gasteiger charge is 2.09. The van der Waals surface area contributed by atoms with E-state index in [1.54, 1.807) is 0 Å². The molecule has 0 fully saturated rings. The van der Waals surface area contributed by atoms with Gasteiger partial charge in [0.15, 0.2) is 0 Å². The summed E-state index contributed by atoms with van der Waals surface area (Å²) in [5.41, 5.74) is 1.90. The van der Waals surface area contributed by atoms with Crippen LogP contribution in [0.2, 0.25) is 10.0 Å². The van der Waals surface area contributed by atoms with E-state index < -0.39 is 0 Å². The van der Waals surface area contributed by atoms with Crippen molar-refractivity contribution < 1.29 is 0 Å².